The van der Waals surface area contributed by atoms with Gasteiger partial charge < -0.3 is 15.8 Å². The number of nitrogens with two attached hydrogens (primary N) is 1. The van der Waals surface area contributed by atoms with Crippen molar-refractivity contribution < 1.29 is 4.74 Å². The Kier molecular flexibility index (Phi) is 4.27. The van der Waals surface area contributed by atoms with Crippen LogP contribution in [-0.2, 0) is 0 Å². The number of nitrogens with one attached hydrogen (secondary N) is 1. The number of hydrogen-bond donors (Lipinski definition) is 2. The zero-order valence-corrected chi connectivity index (χ0v) is 12.3. The molecule has 0 atom stereocenters. The standard InChI is InChI=1S/C17H26N2O/c1-20-17-8-2-12(3-9-17)13-10-16(11-13)19-15-6-4-14(18)5-7-15/h2-3,8-9,13-16,19H,4-7,10-11,18H2,1H3. The first-order chi connectivity index (χ1) is 9.74. The molecule has 0 amide bonds. The molecule has 2 saturated carbocycles. The molecule has 0 spiro atoms. The topological polar surface area (TPSA) is 47.3 Å². The van der Waals surface area contributed by atoms with Gasteiger partial charge in [-0.15, -0.1) is 0 Å². The summed E-state index contributed by atoms with van der Waals surface area (Å²) in [5.41, 5.74) is 7.41. The van der Waals surface area contributed by atoms with Gasteiger partial charge in [0.15, 0.2) is 0 Å². The average molecular weight is 274 g/mol. The van der Waals surface area contributed by atoms with E-state index in [0.717, 1.165) is 11.7 Å². The van der Waals surface area contributed by atoms with E-state index in [2.05, 4.69) is 29.6 Å². The van der Waals surface area contributed by atoms with E-state index in [1.165, 1.54) is 44.1 Å². The fraction of sp³-hybridized carbons (Fsp3) is 0.647. The molecule has 3 heteroatoms. The highest BCUT2D eigenvalue weighted by molar-refractivity contribution is 5.30. The summed E-state index contributed by atoms with van der Waals surface area (Å²) in [5, 5.41) is 3.82. The monoisotopic (exact) mass is 274 g/mol. The van der Waals surface area contributed by atoms with Crippen LogP contribution in [0.5, 0.6) is 5.75 Å². The van der Waals surface area contributed by atoms with Crippen molar-refractivity contribution >= 4 is 0 Å². The van der Waals surface area contributed by atoms with Crippen molar-refractivity contribution in [3.8, 4) is 5.75 Å². The van der Waals surface area contributed by atoms with Crippen molar-refractivity contribution in [3.63, 3.8) is 0 Å². The molecule has 0 heterocycles. The van der Waals surface area contributed by atoms with Crippen molar-refractivity contribution in [2.75, 3.05) is 7.11 Å². The summed E-state index contributed by atoms with van der Waals surface area (Å²) < 4.78 is 5.21. The first kappa shape index (κ1) is 13.9. The minimum atomic E-state index is 0.446. The molecule has 0 aliphatic heterocycles. The highest BCUT2D eigenvalue weighted by Crippen LogP contribution is 2.38. The van der Waals surface area contributed by atoms with Crippen molar-refractivity contribution in [3.05, 3.63) is 29.8 Å². The van der Waals surface area contributed by atoms with E-state index < -0.39 is 0 Å². The predicted molar refractivity (Wildman–Crippen MR) is 82.1 cm³/mol. The summed E-state index contributed by atoms with van der Waals surface area (Å²) in [5.74, 6) is 1.67. The Labute approximate surface area is 121 Å². The van der Waals surface area contributed by atoms with Gasteiger partial charge in [-0.05, 0) is 62.1 Å². The molecule has 20 heavy (non-hydrogen) atoms. The van der Waals surface area contributed by atoms with E-state index in [-0.39, 0.29) is 0 Å². The smallest absolute Gasteiger partial charge is 0.118 e. The van der Waals surface area contributed by atoms with Gasteiger partial charge in [0.25, 0.3) is 0 Å². The molecule has 0 aromatic heterocycles. The zero-order chi connectivity index (χ0) is 13.9. The zero-order valence-electron chi connectivity index (χ0n) is 12.3. The van der Waals surface area contributed by atoms with E-state index in [4.69, 9.17) is 10.5 Å². The van der Waals surface area contributed by atoms with Gasteiger partial charge in [-0.1, -0.05) is 12.1 Å². The molecule has 0 radical (unpaired) electrons. The molecule has 1 aromatic rings. The Hall–Kier alpha value is -1.06. The van der Waals surface area contributed by atoms with Crippen LogP contribution in [-0.4, -0.2) is 25.2 Å². The maximum Gasteiger partial charge on any atom is 0.118 e. The van der Waals surface area contributed by atoms with E-state index >= 15 is 0 Å². The van der Waals surface area contributed by atoms with Gasteiger partial charge in [-0.2, -0.15) is 0 Å². The fourth-order valence-electron chi connectivity index (χ4n) is 3.52. The van der Waals surface area contributed by atoms with Crippen molar-refractivity contribution in [1.29, 1.82) is 0 Å². The molecule has 0 unspecified atom stereocenters. The summed E-state index contributed by atoms with van der Waals surface area (Å²) in [6.07, 6.45) is 7.43. The van der Waals surface area contributed by atoms with Crippen LogP contribution in [0.15, 0.2) is 24.3 Å². The first-order valence-electron chi connectivity index (χ1n) is 7.90. The van der Waals surface area contributed by atoms with E-state index in [1.807, 2.05) is 0 Å². The van der Waals surface area contributed by atoms with Gasteiger partial charge >= 0.3 is 0 Å². The predicted octanol–water partition coefficient (Wildman–Crippen LogP) is 2.80. The van der Waals surface area contributed by atoms with Crippen LogP contribution in [0.25, 0.3) is 0 Å². The molecule has 3 nitrogen and oxygen atoms in total. The molecular weight excluding hydrogens is 248 g/mol. The van der Waals surface area contributed by atoms with Gasteiger partial charge in [0.1, 0.15) is 5.75 Å². The lowest BCUT2D eigenvalue weighted by atomic mass is 9.75. The van der Waals surface area contributed by atoms with E-state index in [0.29, 0.717) is 18.1 Å². The third-order valence-corrected chi connectivity index (χ3v) is 4.97. The Bertz CT molecular complexity index is 417. The van der Waals surface area contributed by atoms with Gasteiger partial charge in [0.2, 0.25) is 0 Å². The molecule has 2 aliphatic carbocycles. The van der Waals surface area contributed by atoms with E-state index in [1.54, 1.807) is 7.11 Å². The van der Waals surface area contributed by atoms with Crippen LogP contribution >= 0.6 is 0 Å². The molecule has 110 valence electrons. The number of rotatable bonds is 4. The summed E-state index contributed by atoms with van der Waals surface area (Å²) in [7, 11) is 1.72. The highest BCUT2D eigenvalue weighted by atomic mass is 16.5. The molecular formula is C17H26N2O. The average Bonchev–Trinajstić information content (AvgIpc) is 2.45. The van der Waals surface area contributed by atoms with Gasteiger partial charge in [0, 0.05) is 18.1 Å². The lowest BCUT2D eigenvalue weighted by Gasteiger charge is -2.40. The summed E-state index contributed by atoms with van der Waals surface area (Å²) in [6.45, 7) is 0. The van der Waals surface area contributed by atoms with Crippen LogP contribution in [0.3, 0.4) is 0 Å². The summed E-state index contributed by atoms with van der Waals surface area (Å²) in [4.78, 5) is 0. The second-order valence-corrected chi connectivity index (χ2v) is 6.42. The van der Waals surface area contributed by atoms with Gasteiger partial charge in [0.05, 0.1) is 7.11 Å². The normalized spacial score (nSPS) is 33.5. The van der Waals surface area contributed by atoms with Crippen LogP contribution in [0.4, 0.5) is 0 Å². The second-order valence-electron chi connectivity index (χ2n) is 6.42. The van der Waals surface area contributed by atoms with Crippen LogP contribution in [0.1, 0.15) is 50.0 Å². The van der Waals surface area contributed by atoms with Gasteiger partial charge in [-0.25, -0.2) is 0 Å². The Morgan fingerprint density at radius 3 is 2.25 bits per heavy atom. The molecule has 2 fully saturated rings. The SMILES string of the molecule is COc1ccc(C2CC(NC3CCC(N)CC3)C2)cc1. The summed E-state index contributed by atoms with van der Waals surface area (Å²) >= 11 is 0. The minimum Gasteiger partial charge on any atom is -0.497 e. The molecule has 1 aromatic carbocycles. The van der Waals surface area contributed by atoms with Crippen molar-refractivity contribution in [2.45, 2.75) is 62.6 Å². The van der Waals surface area contributed by atoms with Gasteiger partial charge in [-0.3, -0.25) is 0 Å². The minimum absolute atomic E-state index is 0.446. The highest BCUT2D eigenvalue weighted by Gasteiger charge is 2.32. The maximum atomic E-state index is 5.96. The number of methoxy groups -OCH3 is 1. The summed E-state index contributed by atoms with van der Waals surface area (Å²) in [6, 6.07) is 10.4. The molecule has 0 saturated heterocycles. The van der Waals surface area contributed by atoms with Crippen LogP contribution < -0.4 is 15.8 Å². The Balaban J connectivity index is 1.44. The van der Waals surface area contributed by atoms with E-state index in [9.17, 15) is 0 Å². The number of ether oxygens (including phenoxy) is 1. The second kappa shape index (κ2) is 6.15. The third-order valence-electron chi connectivity index (χ3n) is 4.97. The lowest BCUT2D eigenvalue weighted by Crippen LogP contribution is -2.47. The number of hydrogen-bond acceptors (Lipinski definition) is 3. The van der Waals surface area contributed by atoms with Crippen LogP contribution in [0.2, 0.25) is 0 Å². The molecule has 2 aliphatic rings. The molecule has 3 N–H and O–H groups in total. The molecule has 0 bridgehead atoms. The Morgan fingerprint density at radius 1 is 1.00 bits per heavy atom. The maximum absolute atomic E-state index is 5.96. The third kappa shape index (κ3) is 3.15. The van der Waals surface area contributed by atoms with Crippen molar-refractivity contribution in [1.82, 2.24) is 5.32 Å². The largest absolute Gasteiger partial charge is 0.497 e. The molecule has 3 rings (SSSR count). The first-order valence-corrected chi connectivity index (χ1v) is 7.90. The quantitative estimate of drug-likeness (QED) is 0.887. The number of benzene rings is 1. The lowest BCUT2D eigenvalue weighted by molar-refractivity contribution is 0.232. The Morgan fingerprint density at radius 2 is 1.65 bits per heavy atom. The van der Waals surface area contributed by atoms with Crippen LogP contribution in [0, 0.1) is 0 Å². The van der Waals surface area contributed by atoms with Crippen molar-refractivity contribution in [2.24, 2.45) is 5.73 Å². The fourth-order valence-corrected chi connectivity index (χ4v) is 3.52.